The second-order valence-corrected chi connectivity index (χ2v) is 14.8. The number of benzene rings is 9. The number of para-hydroxylation sites is 1. The van der Waals surface area contributed by atoms with Crippen molar-refractivity contribution in [3.63, 3.8) is 0 Å². The van der Waals surface area contributed by atoms with Gasteiger partial charge in [-0.3, -0.25) is 0 Å². The molecule has 55 heavy (non-hydrogen) atoms. The van der Waals surface area contributed by atoms with E-state index in [0.29, 0.717) is 0 Å². The molecule has 0 saturated heterocycles. The van der Waals surface area contributed by atoms with E-state index in [2.05, 4.69) is 228 Å². The van der Waals surface area contributed by atoms with Gasteiger partial charge in [-0.1, -0.05) is 158 Å². The van der Waals surface area contributed by atoms with Crippen molar-refractivity contribution in [2.24, 2.45) is 0 Å². The molecule has 10 rings (SSSR count). The summed E-state index contributed by atoms with van der Waals surface area (Å²) in [5.41, 5.74) is 11.6. The van der Waals surface area contributed by atoms with Crippen LogP contribution >= 0.6 is 11.3 Å². The van der Waals surface area contributed by atoms with E-state index in [1.54, 1.807) is 0 Å². The lowest BCUT2D eigenvalue weighted by Crippen LogP contribution is -2.10. The SMILES string of the molecule is c1ccc(-c2ccc(N(c3ccc(-c4ccccc4)cc3)c3ccc4c(c3)sc3c(N(c5ccccc5)c5cccc6ccccc56)cccc34)cc2)cc1. The van der Waals surface area contributed by atoms with Crippen molar-refractivity contribution < 1.29 is 0 Å². The maximum atomic E-state index is 2.43. The van der Waals surface area contributed by atoms with E-state index in [-0.39, 0.29) is 0 Å². The second-order valence-electron chi connectivity index (χ2n) is 13.8. The first-order valence-corrected chi connectivity index (χ1v) is 19.5. The summed E-state index contributed by atoms with van der Waals surface area (Å²) in [7, 11) is 0. The van der Waals surface area contributed by atoms with Crippen molar-refractivity contribution in [2.75, 3.05) is 9.80 Å². The molecule has 0 radical (unpaired) electrons. The summed E-state index contributed by atoms with van der Waals surface area (Å²) >= 11 is 1.86. The number of nitrogens with zero attached hydrogens (tertiary/aromatic N) is 2. The van der Waals surface area contributed by atoms with E-state index in [0.717, 1.165) is 22.7 Å². The average molecular weight is 721 g/mol. The van der Waals surface area contributed by atoms with Crippen LogP contribution in [0.25, 0.3) is 53.2 Å². The Morgan fingerprint density at radius 3 is 1.42 bits per heavy atom. The third-order valence-electron chi connectivity index (χ3n) is 10.4. The topological polar surface area (TPSA) is 6.48 Å². The first-order valence-electron chi connectivity index (χ1n) is 18.7. The van der Waals surface area contributed by atoms with E-state index < -0.39 is 0 Å². The van der Waals surface area contributed by atoms with Crippen LogP contribution in [0.3, 0.4) is 0 Å². The summed E-state index contributed by atoms with van der Waals surface area (Å²) in [5, 5.41) is 4.97. The van der Waals surface area contributed by atoms with Crippen LogP contribution < -0.4 is 9.80 Å². The van der Waals surface area contributed by atoms with Crippen molar-refractivity contribution in [3.8, 4) is 22.3 Å². The van der Waals surface area contributed by atoms with Gasteiger partial charge in [0.25, 0.3) is 0 Å². The number of fused-ring (bicyclic) bond motifs is 4. The summed E-state index contributed by atoms with van der Waals surface area (Å²) < 4.78 is 2.51. The molecule has 0 atom stereocenters. The average Bonchev–Trinajstić information content (AvgIpc) is 3.64. The molecule has 2 nitrogen and oxygen atoms in total. The fraction of sp³-hybridized carbons (Fsp3) is 0. The first-order chi connectivity index (χ1) is 27.3. The van der Waals surface area contributed by atoms with Gasteiger partial charge in [0.05, 0.1) is 16.1 Å². The summed E-state index contributed by atoms with van der Waals surface area (Å²) in [6.07, 6.45) is 0. The third kappa shape index (κ3) is 6.11. The maximum Gasteiger partial charge on any atom is 0.0640 e. The number of rotatable bonds is 8. The van der Waals surface area contributed by atoms with Crippen molar-refractivity contribution >= 4 is 76.4 Å². The van der Waals surface area contributed by atoms with Gasteiger partial charge in [-0.05, 0) is 88.3 Å². The molecule has 3 heteroatoms. The minimum atomic E-state index is 1.11. The van der Waals surface area contributed by atoms with Crippen LogP contribution in [0.5, 0.6) is 0 Å². The number of thiophene rings is 1. The van der Waals surface area contributed by atoms with Crippen LogP contribution in [0.2, 0.25) is 0 Å². The lowest BCUT2D eigenvalue weighted by molar-refractivity contribution is 1.29. The fourth-order valence-electron chi connectivity index (χ4n) is 7.79. The highest BCUT2D eigenvalue weighted by molar-refractivity contribution is 7.26. The highest BCUT2D eigenvalue weighted by Gasteiger charge is 2.21. The smallest absolute Gasteiger partial charge is 0.0640 e. The Balaban J connectivity index is 1.12. The van der Waals surface area contributed by atoms with Crippen LogP contribution in [0, 0.1) is 0 Å². The largest absolute Gasteiger partial charge is 0.310 e. The zero-order chi connectivity index (χ0) is 36.6. The van der Waals surface area contributed by atoms with E-state index in [1.807, 2.05) is 11.3 Å². The predicted octanol–water partition coefficient (Wildman–Crippen LogP) is 15.5. The molecule has 10 aromatic rings. The van der Waals surface area contributed by atoms with Crippen molar-refractivity contribution in [1.29, 1.82) is 0 Å². The second kappa shape index (κ2) is 14.1. The van der Waals surface area contributed by atoms with Crippen LogP contribution in [-0.4, -0.2) is 0 Å². The van der Waals surface area contributed by atoms with Crippen LogP contribution in [0.4, 0.5) is 34.1 Å². The monoisotopic (exact) mass is 720 g/mol. The standard InChI is InChI=1S/C52H36N2S/c1-4-14-37(15-5-1)39-26-30-43(31-27-39)53(44-32-28-40(29-33-44)38-16-6-2-7-17-38)45-34-35-47-48-23-13-25-50(52(48)55-51(47)36-45)54(42-20-8-3-9-21-42)49-24-12-19-41-18-10-11-22-46(41)49/h1-36H. The highest BCUT2D eigenvalue weighted by atomic mass is 32.1. The van der Waals surface area contributed by atoms with Crippen molar-refractivity contribution in [3.05, 3.63) is 218 Å². The molecule has 0 unspecified atom stereocenters. The highest BCUT2D eigenvalue weighted by Crippen LogP contribution is 2.47. The summed E-state index contributed by atoms with van der Waals surface area (Å²) in [6, 6.07) is 78.7. The van der Waals surface area contributed by atoms with E-state index >= 15 is 0 Å². The third-order valence-corrected chi connectivity index (χ3v) is 11.6. The Bertz CT molecular complexity index is 2810. The molecule has 0 fully saturated rings. The summed E-state index contributed by atoms with van der Waals surface area (Å²) in [5.74, 6) is 0. The van der Waals surface area contributed by atoms with Crippen molar-refractivity contribution in [2.45, 2.75) is 0 Å². The number of anilines is 6. The Labute approximate surface area is 325 Å². The summed E-state index contributed by atoms with van der Waals surface area (Å²) in [6.45, 7) is 0. The lowest BCUT2D eigenvalue weighted by Gasteiger charge is -2.27. The maximum absolute atomic E-state index is 2.43. The van der Waals surface area contributed by atoms with Crippen molar-refractivity contribution in [1.82, 2.24) is 0 Å². The van der Waals surface area contributed by atoms with Gasteiger partial charge in [0, 0.05) is 43.6 Å². The molecule has 9 aromatic carbocycles. The van der Waals surface area contributed by atoms with Gasteiger partial charge in [-0.25, -0.2) is 0 Å². The molecular formula is C52H36N2S. The fourth-order valence-corrected chi connectivity index (χ4v) is 9.03. The zero-order valence-corrected chi connectivity index (χ0v) is 30.9. The number of hydrogen-bond acceptors (Lipinski definition) is 3. The molecule has 1 aromatic heterocycles. The zero-order valence-electron chi connectivity index (χ0n) is 30.1. The molecule has 0 amide bonds. The molecule has 260 valence electrons. The van der Waals surface area contributed by atoms with Gasteiger partial charge in [-0.15, -0.1) is 11.3 Å². The molecule has 0 aliphatic rings. The minimum Gasteiger partial charge on any atom is -0.310 e. The molecule has 0 bridgehead atoms. The van der Waals surface area contributed by atoms with Crippen LogP contribution in [0.15, 0.2) is 218 Å². The molecular weight excluding hydrogens is 685 g/mol. The Morgan fingerprint density at radius 1 is 0.291 bits per heavy atom. The van der Waals surface area contributed by atoms with Gasteiger partial charge in [0.2, 0.25) is 0 Å². The van der Waals surface area contributed by atoms with E-state index in [9.17, 15) is 0 Å². The van der Waals surface area contributed by atoms with Gasteiger partial charge in [0.15, 0.2) is 0 Å². The van der Waals surface area contributed by atoms with E-state index in [1.165, 1.54) is 64.6 Å². The van der Waals surface area contributed by atoms with Gasteiger partial charge in [-0.2, -0.15) is 0 Å². The van der Waals surface area contributed by atoms with Gasteiger partial charge < -0.3 is 9.80 Å². The quantitative estimate of drug-likeness (QED) is 0.154. The van der Waals surface area contributed by atoms with Crippen LogP contribution in [0.1, 0.15) is 0 Å². The molecule has 0 aliphatic heterocycles. The molecule has 0 N–H and O–H groups in total. The summed E-state index contributed by atoms with van der Waals surface area (Å²) in [4.78, 5) is 4.80. The minimum absolute atomic E-state index is 1.11. The molecule has 0 spiro atoms. The Kier molecular flexibility index (Phi) is 8.40. The Morgan fingerprint density at radius 2 is 0.764 bits per heavy atom. The Hall–Kier alpha value is -6.94. The first kappa shape index (κ1) is 32.7. The van der Waals surface area contributed by atoms with Gasteiger partial charge >= 0.3 is 0 Å². The van der Waals surface area contributed by atoms with E-state index in [4.69, 9.17) is 0 Å². The molecule has 0 aliphatic carbocycles. The number of hydrogen-bond donors (Lipinski definition) is 0. The molecule has 0 saturated carbocycles. The normalized spacial score (nSPS) is 11.3. The lowest BCUT2D eigenvalue weighted by atomic mass is 10.0. The predicted molar refractivity (Wildman–Crippen MR) is 237 cm³/mol. The van der Waals surface area contributed by atoms with Crippen LogP contribution in [-0.2, 0) is 0 Å². The molecule has 1 heterocycles. The van der Waals surface area contributed by atoms with Gasteiger partial charge in [0.1, 0.15) is 0 Å².